The Morgan fingerprint density at radius 1 is 0.923 bits per heavy atom. The Morgan fingerprint density at radius 2 is 1.23 bits per heavy atom. The molecule has 2 aliphatic rings. The van der Waals surface area contributed by atoms with Gasteiger partial charge in [-0.25, -0.2) is 0 Å². The fraction of sp³-hybridized carbons (Fsp3) is 0.857. The van der Waals surface area contributed by atoms with Gasteiger partial charge in [0.05, 0.1) is 0 Å². The van der Waals surface area contributed by atoms with Crippen LogP contribution in [0.3, 0.4) is 0 Å². The van der Waals surface area contributed by atoms with E-state index in [1.54, 1.807) is 0 Å². The van der Waals surface area contributed by atoms with Gasteiger partial charge < -0.3 is 29.5 Å². The molecule has 0 saturated carbocycles. The van der Waals surface area contributed by atoms with Crippen LogP contribution in [0.2, 0.25) is 0 Å². The second-order valence-electron chi connectivity index (χ2n) is 5.55. The molecule has 2 aliphatic heterocycles. The van der Waals surface area contributed by atoms with Crippen LogP contribution in [0.1, 0.15) is 39.5 Å². The van der Waals surface area contributed by atoms with Crippen molar-refractivity contribution in [2.45, 2.75) is 39.5 Å². The minimum Gasteiger partial charge on any atom is -0.759 e. The summed E-state index contributed by atoms with van der Waals surface area (Å²) in [6, 6.07) is 0. The molecular formula is C14H28CuN4O4S3. The topological polar surface area (TPSA) is 111 Å². The predicted molar refractivity (Wildman–Crippen MR) is 105 cm³/mol. The summed E-state index contributed by atoms with van der Waals surface area (Å²) in [7, 11) is -5.17. The molecule has 2 fully saturated rings. The monoisotopic (exact) mass is 475 g/mol. The first-order chi connectivity index (χ1) is 11.7. The Kier molecular flexibility index (Phi) is 17.0. The first kappa shape index (κ1) is 28.0. The van der Waals surface area contributed by atoms with E-state index in [4.69, 9.17) is 42.0 Å². The first-order valence-corrected chi connectivity index (χ1v) is 10.6. The van der Waals surface area contributed by atoms with Crippen LogP contribution in [0.15, 0.2) is 0 Å². The molecule has 2 N–H and O–H groups in total. The Bertz CT molecular complexity index is 470. The van der Waals surface area contributed by atoms with E-state index >= 15 is 0 Å². The van der Waals surface area contributed by atoms with Crippen LogP contribution in [0, 0.1) is 0 Å². The van der Waals surface area contributed by atoms with Crippen LogP contribution in [0.4, 0.5) is 0 Å². The summed E-state index contributed by atoms with van der Waals surface area (Å²) in [5.41, 5.74) is 0. The van der Waals surface area contributed by atoms with Crippen molar-refractivity contribution in [2.24, 2.45) is 0 Å². The van der Waals surface area contributed by atoms with Crippen molar-refractivity contribution in [3.05, 3.63) is 0 Å². The van der Waals surface area contributed by atoms with E-state index in [0.717, 1.165) is 49.5 Å². The molecule has 0 aromatic rings. The molecule has 2 rings (SSSR count). The van der Waals surface area contributed by atoms with Crippen LogP contribution in [0.5, 0.6) is 0 Å². The Hall–Kier alpha value is -0.231. The van der Waals surface area contributed by atoms with Crippen molar-refractivity contribution in [2.75, 3.05) is 39.3 Å². The van der Waals surface area contributed by atoms with E-state index in [1.165, 1.54) is 25.7 Å². The van der Waals surface area contributed by atoms with Gasteiger partial charge in [-0.2, -0.15) is 0 Å². The van der Waals surface area contributed by atoms with Gasteiger partial charge >= 0.3 is 17.1 Å². The maximum Gasteiger partial charge on any atom is 2.00 e. The second-order valence-corrected chi connectivity index (χ2v) is 7.14. The van der Waals surface area contributed by atoms with Gasteiger partial charge in [0.15, 0.2) is 10.2 Å². The minimum absolute atomic E-state index is 0. The molecule has 0 aromatic heterocycles. The normalized spacial score (nSPS) is 15.8. The zero-order valence-electron chi connectivity index (χ0n) is 15.1. The molecule has 8 nitrogen and oxygen atoms in total. The van der Waals surface area contributed by atoms with Gasteiger partial charge in [0.1, 0.15) is 0 Å². The van der Waals surface area contributed by atoms with Gasteiger partial charge in [0.25, 0.3) is 0 Å². The summed E-state index contributed by atoms with van der Waals surface area (Å²) < 4.78 is 34.1. The number of hydrogen-bond acceptors (Lipinski definition) is 6. The van der Waals surface area contributed by atoms with Crippen molar-refractivity contribution in [1.29, 1.82) is 0 Å². The second kappa shape index (κ2) is 15.8. The summed E-state index contributed by atoms with van der Waals surface area (Å²) in [5, 5.41) is 8.15. The molecule has 0 spiro atoms. The first-order valence-electron chi connectivity index (χ1n) is 8.41. The van der Waals surface area contributed by atoms with Crippen molar-refractivity contribution in [1.82, 2.24) is 20.4 Å². The molecule has 0 bridgehead atoms. The van der Waals surface area contributed by atoms with Crippen LogP contribution in [0.25, 0.3) is 0 Å². The van der Waals surface area contributed by atoms with Crippen molar-refractivity contribution in [3.63, 3.8) is 0 Å². The van der Waals surface area contributed by atoms with Crippen LogP contribution < -0.4 is 10.6 Å². The van der Waals surface area contributed by atoms with E-state index in [9.17, 15) is 0 Å². The standard InChI is InChI=1S/2C7H14N2S.Cu.H2O4S/c2*1-2-3-5-9-6-4-8-7(9)10;;1-5(2,3)4/h2*2-6H2,1H3,(H,8,10);;(H2,1,2,3,4)/q;;+2;/p-2. The van der Waals surface area contributed by atoms with Gasteiger partial charge in [-0.1, -0.05) is 26.7 Å². The quantitative estimate of drug-likeness (QED) is 0.245. The maximum absolute atomic E-state index is 8.52. The van der Waals surface area contributed by atoms with Crippen molar-refractivity contribution in [3.8, 4) is 0 Å². The zero-order valence-corrected chi connectivity index (χ0v) is 18.5. The largest absolute Gasteiger partial charge is 2.00 e. The van der Waals surface area contributed by atoms with Gasteiger partial charge in [-0.3, -0.25) is 8.42 Å². The van der Waals surface area contributed by atoms with Crippen LogP contribution in [-0.2, 0) is 27.5 Å². The Balaban J connectivity index is 0. The minimum atomic E-state index is -5.17. The number of thiocarbonyl (C=S) groups is 2. The fourth-order valence-electron chi connectivity index (χ4n) is 2.15. The van der Waals surface area contributed by atoms with E-state index in [2.05, 4.69) is 34.3 Å². The van der Waals surface area contributed by atoms with Gasteiger partial charge in [0.2, 0.25) is 0 Å². The molecule has 2 saturated heterocycles. The summed E-state index contributed by atoms with van der Waals surface area (Å²) in [6.07, 6.45) is 5.00. The number of nitrogens with zero attached hydrogens (tertiary/aromatic N) is 2. The molecular weight excluding hydrogens is 448 g/mol. The smallest absolute Gasteiger partial charge is 0.759 e. The van der Waals surface area contributed by atoms with E-state index < -0.39 is 10.4 Å². The van der Waals surface area contributed by atoms with Gasteiger partial charge in [-0.05, 0) is 37.3 Å². The summed E-state index contributed by atoms with van der Waals surface area (Å²) in [4.78, 5) is 4.47. The van der Waals surface area contributed by atoms with E-state index in [-0.39, 0.29) is 17.1 Å². The third-order valence-corrected chi connectivity index (χ3v) is 4.26. The van der Waals surface area contributed by atoms with Gasteiger partial charge in [-0.15, -0.1) is 0 Å². The van der Waals surface area contributed by atoms with E-state index in [0.29, 0.717) is 0 Å². The third-order valence-electron chi connectivity index (χ3n) is 3.45. The molecule has 1 radical (unpaired) electrons. The Morgan fingerprint density at radius 3 is 1.42 bits per heavy atom. The fourth-order valence-corrected chi connectivity index (χ4v) is 2.72. The third kappa shape index (κ3) is 16.0. The average Bonchev–Trinajstić information content (AvgIpc) is 3.10. The van der Waals surface area contributed by atoms with E-state index in [1.807, 2.05) is 0 Å². The number of rotatable bonds is 6. The summed E-state index contributed by atoms with van der Waals surface area (Å²) in [5.74, 6) is 0. The Labute approximate surface area is 178 Å². The number of hydrogen-bond donors (Lipinski definition) is 2. The molecule has 0 unspecified atom stereocenters. The SMILES string of the molecule is CCCCN1CCNC1=S.CCCCN1CCNC1=S.O=S(=O)([O-])[O-].[Cu+2]. The number of unbranched alkanes of at least 4 members (excludes halogenated alkanes) is 2. The average molecular weight is 476 g/mol. The van der Waals surface area contributed by atoms with Crippen molar-refractivity contribution < 1.29 is 34.6 Å². The van der Waals surface area contributed by atoms with Gasteiger partial charge in [0, 0.05) is 49.7 Å². The summed E-state index contributed by atoms with van der Waals surface area (Å²) >= 11 is 10.1. The van der Waals surface area contributed by atoms with Crippen molar-refractivity contribution >= 4 is 45.1 Å². The molecule has 157 valence electrons. The predicted octanol–water partition coefficient (Wildman–Crippen LogP) is 0.613. The molecule has 0 aliphatic carbocycles. The molecule has 0 aromatic carbocycles. The molecule has 0 atom stereocenters. The molecule has 0 amide bonds. The maximum atomic E-state index is 8.52. The van der Waals surface area contributed by atoms with Crippen LogP contribution in [-0.4, -0.2) is 76.8 Å². The summed E-state index contributed by atoms with van der Waals surface area (Å²) in [6.45, 7) is 10.9. The van der Waals surface area contributed by atoms with Crippen LogP contribution >= 0.6 is 24.4 Å². The zero-order chi connectivity index (χ0) is 19.3. The molecule has 2 heterocycles. The number of nitrogens with one attached hydrogen (secondary N) is 2. The molecule has 26 heavy (non-hydrogen) atoms. The molecule has 12 heteroatoms.